The van der Waals surface area contributed by atoms with Gasteiger partial charge in [-0.05, 0) is 86.9 Å². The number of amides is 2. The molecule has 276 valence electrons. The molecule has 4 atom stereocenters. The number of piperazine rings is 1. The number of carbonyl (C=O) groups excluding carboxylic acids is 2. The average Bonchev–Trinajstić information content (AvgIpc) is 3.11. The number of methoxy groups -OCH3 is 1. The minimum Gasteiger partial charge on any atom is -0.453 e. The van der Waals surface area contributed by atoms with Crippen molar-refractivity contribution in [2.45, 2.75) is 68.0 Å². The smallest absolute Gasteiger partial charge is 0.409 e. The van der Waals surface area contributed by atoms with Gasteiger partial charge >= 0.3 is 6.09 Å². The lowest BCUT2D eigenvalue weighted by Crippen LogP contribution is -2.58. The molecule has 2 aliphatic rings. The highest BCUT2D eigenvalue weighted by Crippen LogP contribution is 2.38. The maximum Gasteiger partial charge on any atom is 0.409 e. The molecule has 2 fully saturated rings. The molecule has 0 aliphatic carbocycles. The first-order valence-corrected chi connectivity index (χ1v) is 18.6. The Kier molecular flexibility index (Phi) is 12.8. The molecule has 3 aromatic rings. The fourth-order valence-corrected chi connectivity index (χ4v) is 9.28. The largest absolute Gasteiger partial charge is 0.453 e. The zero-order chi connectivity index (χ0) is 36.7. The maximum atomic E-state index is 15.5. The number of hydrogen-bond acceptors (Lipinski definition) is 7. The van der Waals surface area contributed by atoms with E-state index < -0.39 is 57.5 Å². The predicted molar refractivity (Wildman–Crippen MR) is 186 cm³/mol. The number of hydrogen-bond donors (Lipinski definition) is 2. The highest BCUT2D eigenvalue weighted by molar-refractivity contribution is 7.89. The highest BCUT2D eigenvalue weighted by atomic mass is 32.2. The van der Waals surface area contributed by atoms with Crippen LogP contribution in [0.2, 0.25) is 0 Å². The van der Waals surface area contributed by atoms with Crippen LogP contribution in [0.5, 0.6) is 0 Å². The van der Waals surface area contributed by atoms with Crippen LogP contribution in [0, 0.1) is 23.4 Å². The Balaban J connectivity index is 1.41. The van der Waals surface area contributed by atoms with Crippen LogP contribution in [0.1, 0.15) is 49.7 Å². The van der Waals surface area contributed by atoms with Gasteiger partial charge in [0.2, 0.25) is 15.9 Å². The highest BCUT2D eigenvalue weighted by Gasteiger charge is 2.42. The number of halogens is 3. The molecule has 4 unspecified atom stereocenters. The first-order valence-electron chi connectivity index (χ1n) is 17.1. The Morgan fingerprint density at radius 2 is 1.71 bits per heavy atom. The van der Waals surface area contributed by atoms with Gasteiger partial charge in [0.1, 0.15) is 23.5 Å². The molecule has 0 saturated carbocycles. The van der Waals surface area contributed by atoms with E-state index in [1.54, 1.807) is 36.4 Å². The average molecular weight is 731 g/mol. The molecule has 3 aromatic carbocycles. The number of benzene rings is 3. The van der Waals surface area contributed by atoms with Crippen LogP contribution in [0.25, 0.3) is 0 Å². The van der Waals surface area contributed by atoms with Crippen molar-refractivity contribution in [1.29, 1.82) is 0 Å². The fraction of sp³-hybridized carbons (Fsp3) is 0.459. The third-order valence-corrected chi connectivity index (χ3v) is 11.9. The van der Waals surface area contributed by atoms with Gasteiger partial charge in [0.15, 0.2) is 0 Å². The first kappa shape index (κ1) is 38.3. The van der Waals surface area contributed by atoms with Gasteiger partial charge in [0.05, 0.1) is 12.0 Å². The lowest BCUT2D eigenvalue weighted by Gasteiger charge is -2.40. The van der Waals surface area contributed by atoms with Crippen molar-refractivity contribution >= 4 is 27.7 Å². The number of nitrogens with one attached hydrogen (secondary N) is 2. The zero-order valence-electron chi connectivity index (χ0n) is 29.0. The summed E-state index contributed by atoms with van der Waals surface area (Å²) in [6.45, 7) is 3.49. The molecule has 0 bridgehead atoms. The summed E-state index contributed by atoms with van der Waals surface area (Å²) in [6.07, 6.45) is 1.08. The molecule has 5 rings (SSSR count). The van der Waals surface area contributed by atoms with Crippen molar-refractivity contribution in [3.8, 4) is 0 Å². The number of rotatable bonds is 12. The summed E-state index contributed by atoms with van der Waals surface area (Å²) in [6, 6.07) is 13.6. The second-order valence-electron chi connectivity index (χ2n) is 13.2. The SMILES string of the molecule is COC(=O)N(C)C(C(=O)Nc1cccc(F)c1CCCC1CNCC(C)N1S(=O)(=O)c1ccccc1)C(c1cc(F)cc(F)c1)C1CCOCC1. The lowest BCUT2D eigenvalue weighted by atomic mass is 9.76. The topological polar surface area (TPSA) is 117 Å². The summed E-state index contributed by atoms with van der Waals surface area (Å²) >= 11 is 0. The first-order chi connectivity index (χ1) is 24.4. The van der Waals surface area contributed by atoms with E-state index in [1.165, 1.54) is 30.6 Å². The molecule has 2 saturated heterocycles. The summed E-state index contributed by atoms with van der Waals surface area (Å²) in [5, 5.41) is 6.11. The van der Waals surface area contributed by atoms with Gasteiger partial charge in [-0.15, -0.1) is 0 Å². The van der Waals surface area contributed by atoms with Crippen molar-refractivity contribution in [2.24, 2.45) is 5.92 Å². The van der Waals surface area contributed by atoms with Crippen LogP contribution in [0.15, 0.2) is 71.6 Å². The Bertz CT molecular complexity index is 1760. The van der Waals surface area contributed by atoms with Crippen molar-refractivity contribution in [3.05, 3.63) is 95.3 Å². The standard InChI is InChI=1S/C37H45F3N4O6S/c1-24-22-41-23-29(44(24)51(47,48)30-10-5-4-6-11-30)9-7-12-31-32(40)13-8-14-33(31)42-36(45)35(43(2)37(46)49-3)34(25-15-17-50-18-16-25)26-19-27(38)21-28(39)20-26/h4-6,8,10-11,13-14,19-21,24-25,29,34-35,41H,7,9,12,15-18,22-23H2,1-3H3,(H,42,45). The molecule has 14 heteroatoms. The van der Waals surface area contributed by atoms with Crippen LogP contribution in [-0.2, 0) is 30.7 Å². The van der Waals surface area contributed by atoms with E-state index in [0.29, 0.717) is 52.0 Å². The minimum atomic E-state index is -3.80. The Morgan fingerprint density at radius 3 is 2.37 bits per heavy atom. The summed E-state index contributed by atoms with van der Waals surface area (Å²) in [4.78, 5) is 28.5. The normalized spacial score (nSPS) is 20.0. The fourth-order valence-electron chi connectivity index (χ4n) is 7.42. The van der Waals surface area contributed by atoms with Gasteiger partial charge in [-0.1, -0.05) is 24.3 Å². The van der Waals surface area contributed by atoms with Crippen molar-refractivity contribution in [1.82, 2.24) is 14.5 Å². The van der Waals surface area contributed by atoms with Crippen LogP contribution < -0.4 is 10.6 Å². The van der Waals surface area contributed by atoms with E-state index in [1.807, 2.05) is 6.92 Å². The van der Waals surface area contributed by atoms with E-state index >= 15 is 4.39 Å². The Labute approximate surface area is 297 Å². The van der Waals surface area contributed by atoms with Crippen LogP contribution >= 0.6 is 0 Å². The molecule has 2 amide bonds. The van der Waals surface area contributed by atoms with E-state index in [9.17, 15) is 26.8 Å². The van der Waals surface area contributed by atoms with Crippen LogP contribution in [0.3, 0.4) is 0 Å². The molecule has 10 nitrogen and oxygen atoms in total. The van der Waals surface area contributed by atoms with E-state index in [4.69, 9.17) is 9.47 Å². The Hall–Kier alpha value is -3.98. The molecule has 0 aromatic heterocycles. The van der Waals surface area contributed by atoms with E-state index in [-0.39, 0.29) is 40.1 Å². The van der Waals surface area contributed by atoms with Gasteiger partial charge in [0.25, 0.3) is 0 Å². The molecular formula is C37H45F3N4O6S. The molecule has 0 spiro atoms. The summed E-state index contributed by atoms with van der Waals surface area (Å²) in [5.74, 6) is -4.07. The Morgan fingerprint density at radius 1 is 1.02 bits per heavy atom. The minimum absolute atomic E-state index is 0.169. The van der Waals surface area contributed by atoms with Crippen LogP contribution in [0.4, 0.5) is 23.7 Å². The summed E-state index contributed by atoms with van der Waals surface area (Å²) < 4.78 is 84.0. The van der Waals surface area contributed by atoms with E-state index in [0.717, 1.165) is 23.1 Å². The second kappa shape index (κ2) is 17.0. The molecule has 2 aliphatic heterocycles. The monoisotopic (exact) mass is 730 g/mol. The van der Waals surface area contributed by atoms with Crippen molar-refractivity contribution in [2.75, 3.05) is 45.8 Å². The van der Waals surface area contributed by atoms with Crippen LogP contribution in [-0.4, -0.2) is 88.2 Å². The third kappa shape index (κ3) is 8.91. The summed E-state index contributed by atoms with van der Waals surface area (Å²) in [5.41, 5.74) is 0.572. The summed E-state index contributed by atoms with van der Waals surface area (Å²) in [7, 11) is -1.26. The maximum absolute atomic E-state index is 15.5. The molecular weight excluding hydrogens is 685 g/mol. The van der Waals surface area contributed by atoms with Gasteiger partial charge in [-0.2, -0.15) is 4.31 Å². The van der Waals surface area contributed by atoms with Gasteiger partial charge < -0.3 is 20.1 Å². The van der Waals surface area contributed by atoms with Gasteiger partial charge in [-0.25, -0.2) is 26.4 Å². The molecule has 51 heavy (non-hydrogen) atoms. The van der Waals surface area contributed by atoms with Gasteiger partial charge in [-0.3, -0.25) is 9.69 Å². The zero-order valence-corrected chi connectivity index (χ0v) is 29.8. The second-order valence-corrected chi connectivity index (χ2v) is 15.0. The molecule has 0 radical (unpaired) electrons. The van der Waals surface area contributed by atoms with Crippen molar-refractivity contribution < 1.29 is 40.7 Å². The number of anilines is 1. The quantitative estimate of drug-likeness (QED) is 0.246. The van der Waals surface area contributed by atoms with Crippen molar-refractivity contribution in [3.63, 3.8) is 0 Å². The lowest BCUT2D eigenvalue weighted by molar-refractivity contribution is -0.122. The molecule has 2 heterocycles. The number of sulfonamides is 1. The number of nitrogens with zero attached hydrogens (tertiary/aromatic N) is 2. The molecule has 2 N–H and O–H groups in total. The third-order valence-electron chi connectivity index (χ3n) is 9.81. The van der Waals surface area contributed by atoms with Gasteiger partial charge in [0, 0.05) is 68.7 Å². The number of carbonyl (C=O) groups is 2. The number of likely N-dealkylation sites (N-methyl/N-ethyl adjacent to an activating group) is 1. The number of ether oxygens (including phenoxy) is 2. The van der Waals surface area contributed by atoms with E-state index in [2.05, 4.69) is 10.6 Å². The predicted octanol–water partition coefficient (Wildman–Crippen LogP) is 5.69.